The molecule has 0 aliphatic rings. The molecule has 0 aliphatic carbocycles. The second-order valence-electron chi connectivity index (χ2n) is 5.42. The predicted octanol–water partition coefficient (Wildman–Crippen LogP) is 2.94. The molecular weight excluding hydrogens is 306 g/mol. The summed E-state index contributed by atoms with van der Waals surface area (Å²) in [6.07, 6.45) is 3.87. The molecule has 2 aromatic carbocycles. The van der Waals surface area contributed by atoms with Gasteiger partial charge < -0.3 is 4.98 Å². The van der Waals surface area contributed by atoms with E-state index < -0.39 is 0 Å². The summed E-state index contributed by atoms with van der Waals surface area (Å²) in [6.45, 7) is 0. The molecule has 0 saturated heterocycles. The zero-order chi connectivity index (χ0) is 15.4. The smallest absolute Gasteiger partial charge is 0.274 e. The van der Waals surface area contributed by atoms with Gasteiger partial charge >= 0.3 is 0 Å². The zero-order valence-corrected chi connectivity index (χ0v) is 12.8. The fourth-order valence-corrected chi connectivity index (χ4v) is 3.94. The summed E-state index contributed by atoms with van der Waals surface area (Å²) in [5.41, 5.74) is 3.80. The van der Waals surface area contributed by atoms with E-state index in [-0.39, 0.29) is 5.56 Å². The maximum atomic E-state index is 12.8. The normalized spacial score (nSPS) is 12.8. The van der Waals surface area contributed by atoms with Crippen LogP contribution in [0.5, 0.6) is 0 Å². The van der Waals surface area contributed by atoms with Gasteiger partial charge in [-0.05, 0) is 24.3 Å². The lowest BCUT2D eigenvalue weighted by Gasteiger charge is -1.89. The SMILES string of the molecule is O=c1c(=Cc2c[nH]c3ccccc23)sc2nc3ccccc3n12. The van der Waals surface area contributed by atoms with Crippen molar-refractivity contribution in [2.45, 2.75) is 0 Å². The molecule has 4 nitrogen and oxygen atoms in total. The number of fused-ring (bicyclic) bond motifs is 4. The molecular formula is C18H11N3OS. The molecule has 0 radical (unpaired) electrons. The van der Waals surface area contributed by atoms with Gasteiger partial charge in [0.2, 0.25) is 0 Å². The fourth-order valence-electron chi connectivity index (χ4n) is 2.97. The molecule has 23 heavy (non-hydrogen) atoms. The second-order valence-corrected chi connectivity index (χ2v) is 6.43. The lowest BCUT2D eigenvalue weighted by atomic mass is 10.2. The minimum Gasteiger partial charge on any atom is -0.361 e. The van der Waals surface area contributed by atoms with Crippen molar-refractivity contribution in [1.29, 1.82) is 0 Å². The number of nitrogens with one attached hydrogen (secondary N) is 1. The van der Waals surface area contributed by atoms with Crippen LogP contribution in [0.25, 0.3) is 33.0 Å². The quantitative estimate of drug-likeness (QED) is 0.517. The molecule has 1 N–H and O–H groups in total. The van der Waals surface area contributed by atoms with Crippen LogP contribution in [0.15, 0.2) is 59.5 Å². The van der Waals surface area contributed by atoms with Crippen molar-refractivity contribution in [1.82, 2.24) is 14.4 Å². The monoisotopic (exact) mass is 317 g/mol. The first kappa shape index (κ1) is 12.6. The van der Waals surface area contributed by atoms with Gasteiger partial charge in [-0.25, -0.2) is 9.38 Å². The highest BCUT2D eigenvalue weighted by molar-refractivity contribution is 7.15. The van der Waals surface area contributed by atoms with Crippen LogP contribution in [0.1, 0.15) is 5.56 Å². The summed E-state index contributed by atoms with van der Waals surface area (Å²) in [6, 6.07) is 15.8. The average molecular weight is 317 g/mol. The minimum atomic E-state index is -0.0102. The third kappa shape index (κ3) is 1.77. The molecule has 0 amide bonds. The predicted molar refractivity (Wildman–Crippen MR) is 93.9 cm³/mol. The van der Waals surface area contributed by atoms with Crippen LogP contribution in [0.3, 0.4) is 0 Å². The standard InChI is InChI=1S/C18H11N3OS/c22-17-16(9-11-10-19-13-6-2-1-5-12(11)13)23-18-20-14-7-3-4-8-15(14)21(17)18/h1-10,19H. The molecule has 0 spiro atoms. The number of H-pyrrole nitrogens is 1. The van der Waals surface area contributed by atoms with E-state index in [9.17, 15) is 4.79 Å². The first-order chi connectivity index (χ1) is 11.3. The summed E-state index contributed by atoms with van der Waals surface area (Å²) < 4.78 is 2.39. The third-order valence-electron chi connectivity index (χ3n) is 4.05. The lowest BCUT2D eigenvalue weighted by Crippen LogP contribution is -2.22. The molecule has 0 aliphatic heterocycles. The number of benzene rings is 2. The molecule has 0 saturated carbocycles. The number of thiazole rings is 1. The van der Waals surface area contributed by atoms with Crippen molar-refractivity contribution >= 4 is 44.3 Å². The van der Waals surface area contributed by atoms with E-state index in [1.807, 2.05) is 54.7 Å². The molecule has 0 atom stereocenters. The second kappa shape index (κ2) is 4.54. The van der Waals surface area contributed by atoms with Crippen molar-refractivity contribution in [3.63, 3.8) is 0 Å². The number of nitrogens with zero attached hydrogens (tertiary/aromatic N) is 2. The lowest BCUT2D eigenvalue weighted by molar-refractivity contribution is 1.19. The van der Waals surface area contributed by atoms with Crippen LogP contribution in [-0.4, -0.2) is 14.4 Å². The van der Waals surface area contributed by atoms with Crippen LogP contribution in [0.4, 0.5) is 0 Å². The Labute approximate surface area is 134 Å². The third-order valence-corrected chi connectivity index (χ3v) is 5.02. The van der Waals surface area contributed by atoms with Gasteiger partial charge in [0.05, 0.1) is 15.6 Å². The van der Waals surface area contributed by atoms with E-state index in [2.05, 4.69) is 16.0 Å². The molecule has 5 heteroatoms. The van der Waals surface area contributed by atoms with Gasteiger partial charge in [-0.2, -0.15) is 0 Å². The highest BCUT2D eigenvalue weighted by Gasteiger charge is 2.10. The Hall–Kier alpha value is -2.92. The van der Waals surface area contributed by atoms with Gasteiger partial charge in [0.25, 0.3) is 5.56 Å². The van der Waals surface area contributed by atoms with E-state index in [1.54, 1.807) is 4.40 Å². The molecule has 5 rings (SSSR count). The van der Waals surface area contributed by atoms with Gasteiger partial charge in [-0.1, -0.05) is 41.7 Å². The van der Waals surface area contributed by atoms with Crippen LogP contribution >= 0.6 is 11.3 Å². The van der Waals surface area contributed by atoms with Crippen LogP contribution < -0.4 is 10.1 Å². The van der Waals surface area contributed by atoms with E-state index in [0.29, 0.717) is 4.53 Å². The number of para-hydroxylation sites is 3. The Morgan fingerprint density at radius 2 is 1.91 bits per heavy atom. The number of imidazole rings is 1. The summed E-state index contributed by atoms with van der Waals surface area (Å²) in [4.78, 5) is 21.3. The first-order valence-corrected chi connectivity index (χ1v) is 8.11. The van der Waals surface area contributed by atoms with Crippen molar-refractivity contribution in [2.75, 3.05) is 0 Å². The fraction of sp³-hybridized carbons (Fsp3) is 0. The van der Waals surface area contributed by atoms with Gasteiger partial charge in [0, 0.05) is 22.7 Å². The molecule has 3 heterocycles. The van der Waals surface area contributed by atoms with E-state index >= 15 is 0 Å². The number of rotatable bonds is 1. The van der Waals surface area contributed by atoms with Gasteiger partial charge in [0.1, 0.15) is 0 Å². The van der Waals surface area contributed by atoms with Crippen molar-refractivity contribution in [3.05, 3.63) is 75.2 Å². The summed E-state index contributed by atoms with van der Waals surface area (Å²) in [5, 5.41) is 1.11. The molecule has 110 valence electrons. The maximum absolute atomic E-state index is 12.8. The maximum Gasteiger partial charge on any atom is 0.274 e. The number of aromatic nitrogens is 3. The highest BCUT2D eigenvalue weighted by atomic mass is 32.1. The van der Waals surface area contributed by atoms with E-state index in [0.717, 1.165) is 32.5 Å². The van der Waals surface area contributed by atoms with Crippen molar-refractivity contribution in [3.8, 4) is 0 Å². The average Bonchev–Trinajstić information content (AvgIpc) is 3.22. The van der Waals surface area contributed by atoms with Crippen molar-refractivity contribution < 1.29 is 0 Å². The minimum absolute atomic E-state index is 0.0102. The molecule has 0 fully saturated rings. The van der Waals surface area contributed by atoms with E-state index in [4.69, 9.17) is 0 Å². The Kier molecular flexibility index (Phi) is 2.49. The Balaban J connectivity index is 1.83. The first-order valence-electron chi connectivity index (χ1n) is 7.29. The van der Waals surface area contributed by atoms with Crippen LogP contribution in [0.2, 0.25) is 0 Å². The summed E-state index contributed by atoms with van der Waals surface area (Å²) in [5.74, 6) is 0. The number of hydrogen-bond donors (Lipinski definition) is 1. The summed E-state index contributed by atoms with van der Waals surface area (Å²) >= 11 is 1.43. The zero-order valence-electron chi connectivity index (χ0n) is 12.0. The number of aromatic amines is 1. The summed E-state index contributed by atoms with van der Waals surface area (Å²) in [7, 11) is 0. The van der Waals surface area contributed by atoms with Crippen molar-refractivity contribution in [2.24, 2.45) is 0 Å². The van der Waals surface area contributed by atoms with Gasteiger partial charge in [0.15, 0.2) is 4.96 Å². The topological polar surface area (TPSA) is 50.2 Å². The molecule has 0 unspecified atom stereocenters. The van der Waals surface area contributed by atoms with Crippen LogP contribution in [0, 0.1) is 0 Å². The Bertz CT molecular complexity index is 1290. The molecule has 3 aromatic heterocycles. The molecule has 0 bridgehead atoms. The molecule has 5 aromatic rings. The highest BCUT2D eigenvalue weighted by Crippen LogP contribution is 2.19. The van der Waals surface area contributed by atoms with Crippen LogP contribution in [-0.2, 0) is 0 Å². The van der Waals surface area contributed by atoms with Gasteiger partial charge in [-0.3, -0.25) is 4.79 Å². The Morgan fingerprint density at radius 3 is 2.87 bits per heavy atom. The van der Waals surface area contributed by atoms with E-state index in [1.165, 1.54) is 11.3 Å². The van der Waals surface area contributed by atoms with Gasteiger partial charge in [-0.15, -0.1) is 0 Å². The Morgan fingerprint density at radius 1 is 1.09 bits per heavy atom. The largest absolute Gasteiger partial charge is 0.361 e. The number of hydrogen-bond acceptors (Lipinski definition) is 3.